The lowest BCUT2D eigenvalue weighted by Crippen LogP contribution is -2.29. The summed E-state index contributed by atoms with van der Waals surface area (Å²) in [6.07, 6.45) is 37.8. The van der Waals surface area contributed by atoms with Crippen LogP contribution in [-0.2, 0) is 37.4 Å². The highest BCUT2D eigenvalue weighted by Gasteiger charge is 2.36. The fourth-order valence-electron chi connectivity index (χ4n) is 5.78. The fourth-order valence-corrected chi connectivity index (χ4v) is 6.54. The van der Waals surface area contributed by atoms with Crippen molar-refractivity contribution in [3.05, 3.63) is 36.5 Å². The number of allylic oxidation sites excluding steroid dienone is 5. The highest BCUT2D eigenvalue weighted by Crippen LogP contribution is 2.43. The van der Waals surface area contributed by atoms with Gasteiger partial charge < -0.3 is 24.8 Å². The highest BCUT2D eigenvalue weighted by atomic mass is 31.2. The van der Waals surface area contributed by atoms with Crippen molar-refractivity contribution in [1.82, 2.24) is 0 Å². The first-order valence-electron chi connectivity index (χ1n) is 20.6. The van der Waals surface area contributed by atoms with Crippen molar-refractivity contribution in [2.45, 2.75) is 186 Å². The third kappa shape index (κ3) is 30.6. The van der Waals surface area contributed by atoms with E-state index in [1.54, 1.807) is 0 Å². The quantitative estimate of drug-likeness (QED) is 0.0206. The second kappa shape index (κ2) is 33.7. The second-order valence-corrected chi connectivity index (χ2v) is 15.3. The van der Waals surface area contributed by atoms with E-state index in [4.69, 9.17) is 29.0 Å². The van der Waals surface area contributed by atoms with E-state index < -0.39 is 32.5 Å². The normalized spacial score (nSPS) is 17.6. The van der Waals surface area contributed by atoms with Crippen molar-refractivity contribution in [3.63, 3.8) is 0 Å². The maximum Gasteiger partial charge on any atom is 0.472 e. The van der Waals surface area contributed by atoms with E-state index >= 15 is 0 Å². The van der Waals surface area contributed by atoms with Crippen LogP contribution in [0.15, 0.2) is 36.5 Å². The third-order valence-corrected chi connectivity index (χ3v) is 9.94. The lowest BCUT2D eigenvalue weighted by atomic mass is 10.0. The molecule has 0 amide bonds. The molecule has 1 heterocycles. The summed E-state index contributed by atoms with van der Waals surface area (Å²) >= 11 is 0. The predicted molar refractivity (Wildman–Crippen MR) is 210 cm³/mol. The minimum atomic E-state index is -4.39. The number of epoxide rings is 1. The molecular weight excluding hydrogens is 681 g/mol. The lowest BCUT2D eigenvalue weighted by molar-refractivity contribution is -0.161. The summed E-state index contributed by atoms with van der Waals surface area (Å²) in [5.74, 6) is -0.897. The molecule has 1 fully saturated rings. The number of esters is 2. The van der Waals surface area contributed by atoms with E-state index in [0.29, 0.717) is 25.0 Å². The van der Waals surface area contributed by atoms with Gasteiger partial charge in [-0.25, -0.2) is 4.57 Å². The molecule has 0 radical (unpaired) electrons. The third-order valence-electron chi connectivity index (χ3n) is 8.95. The minimum absolute atomic E-state index is 0.0431. The Morgan fingerprint density at radius 3 is 1.88 bits per heavy atom. The molecule has 0 spiro atoms. The Balaban J connectivity index is 2.23. The van der Waals surface area contributed by atoms with Gasteiger partial charge in [0, 0.05) is 19.4 Å². The molecule has 11 heteroatoms. The van der Waals surface area contributed by atoms with E-state index in [0.717, 1.165) is 38.5 Å². The smallest absolute Gasteiger partial charge is 0.462 e. The largest absolute Gasteiger partial charge is 0.472 e. The van der Waals surface area contributed by atoms with Gasteiger partial charge in [-0.3, -0.25) is 18.6 Å². The summed E-state index contributed by atoms with van der Waals surface area (Å²) in [4.78, 5) is 34.8. The van der Waals surface area contributed by atoms with Gasteiger partial charge in [-0.15, -0.1) is 0 Å². The van der Waals surface area contributed by atoms with Gasteiger partial charge in [-0.05, 0) is 44.9 Å². The molecule has 52 heavy (non-hydrogen) atoms. The molecule has 1 saturated heterocycles. The Bertz CT molecular complexity index is 1020. The van der Waals surface area contributed by atoms with Crippen molar-refractivity contribution >= 4 is 19.8 Å². The minimum Gasteiger partial charge on any atom is -0.462 e. The molecular formula is C41H74NO9P. The Labute approximate surface area is 316 Å². The van der Waals surface area contributed by atoms with Gasteiger partial charge in [0.05, 0.1) is 25.4 Å². The highest BCUT2D eigenvalue weighted by molar-refractivity contribution is 7.47. The van der Waals surface area contributed by atoms with Gasteiger partial charge >= 0.3 is 19.8 Å². The Kier molecular flexibility index (Phi) is 31.3. The van der Waals surface area contributed by atoms with Crippen molar-refractivity contribution in [1.29, 1.82) is 0 Å². The predicted octanol–water partition coefficient (Wildman–Crippen LogP) is 10.4. The molecule has 1 aliphatic heterocycles. The second-order valence-electron chi connectivity index (χ2n) is 13.9. The molecule has 0 saturated carbocycles. The molecule has 0 bridgehead atoms. The summed E-state index contributed by atoms with van der Waals surface area (Å²) in [5.41, 5.74) is 5.33. The summed E-state index contributed by atoms with van der Waals surface area (Å²) in [6, 6.07) is 0. The molecule has 0 aliphatic carbocycles. The molecule has 1 rings (SSSR count). The Morgan fingerprint density at radius 2 is 1.25 bits per heavy atom. The number of phosphoric ester groups is 1. The number of unbranched alkanes of at least 4 members (excludes halogenated alkanes) is 15. The zero-order valence-corrected chi connectivity index (χ0v) is 33.6. The van der Waals surface area contributed by atoms with Crippen LogP contribution >= 0.6 is 7.82 Å². The van der Waals surface area contributed by atoms with Crippen LogP contribution in [0, 0.1) is 0 Å². The van der Waals surface area contributed by atoms with Gasteiger partial charge in [-0.2, -0.15) is 0 Å². The SMILES string of the molecule is CCCCCCCCCCCCCCCC(=O)OCC(COP(=O)(O)OCCN)OC(=O)CCCC=CCC=CCC=CCC1OC1CCCCC. The summed E-state index contributed by atoms with van der Waals surface area (Å²) in [6.45, 7) is 3.62. The number of hydrogen-bond acceptors (Lipinski definition) is 9. The van der Waals surface area contributed by atoms with Crippen LogP contribution in [0.25, 0.3) is 0 Å². The van der Waals surface area contributed by atoms with Gasteiger partial charge in [0.2, 0.25) is 0 Å². The van der Waals surface area contributed by atoms with E-state index in [1.807, 2.05) is 6.08 Å². The van der Waals surface area contributed by atoms with Gasteiger partial charge in [-0.1, -0.05) is 147 Å². The molecule has 302 valence electrons. The van der Waals surface area contributed by atoms with Crippen molar-refractivity contribution in [3.8, 4) is 0 Å². The van der Waals surface area contributed by atoms with E-state index in [-0.39, 0.29) is 32.6 Å². The van der Waals surface area contributed by atoms with Crippen LogP contribution in [0.5, 0.6) is 0 Å². The summed E-state index contributed by atoms with van der Waals surface area (Å²) in [5, 5.41) is 0. The number of carbonyl (C=O) groups excluding carboxylic acids is 2. The number of rotatable bonds is 37. The van der Waals surface area contributed by atoms with Crippen LogP contribution in [0.3, 0.4) is 0 Å². The number of phosphoric acid groups is 1. The molecule has 0 aromatic carbocycles. The van der Waals surface area contributed by atoms with Crippen molar-refractivity contribution in [2.24, 2.45) is 5.73 Å². The zero-order valence-electron chi connectivity index (χ0n) is 32.7. The molecule has 0 aromatic rings. The topological polar surface area (TPSA) is 147 Å². The van der Waals surface area contributed by atoms with E-state index in [2.05, 4.69) is 44.2 Å². The maximum atomic E-state index is 12.5. The monoisotopic (exact) mass is 756 g/mol. The standard InChI is InChI=1S/C41H74NO9P/c1-3-5-7-8-9-10-11-12-13-17-20-23-27-31-40(43)47-35-37(36-49-52(45,46)48-34-33-42)50-41(44)32-28-24-21-18-15-14-16-19-22-26-30-39-38(51-39)29-25-6-4-2/h14,16,18,21-22,26,37-39H,3-13,15,17,19-20,23-25,27-36,42H2,1-2H3,(H,45,46). The number of nitrogens with two attached hydrogens (primary N) is 1. The van der Waals surface area contributed by atoms with Gasteiger partial charge in [0.1, 0.15) is 6.61 Å². The van der Waals surface area contributed by atoms with Crippen molar-refractivity contribution < 1.29 is 42.3 Å². The zero-order chi connectivity index (χ0) is 38.0. The van der Waals surface area contributed by atoms with E-state index in [1.165, 1.54) is 89.9 Å². The summed E-state index contributed by atoms with van der Waals surface area (Å²) in [7, 11) is -4.39. The maximum absolute atomic E-state index is 12.5. The average molecular weight is 756 g/mol. The van der Waals surface area contributed by atoms with Gasteiger partial charge in [0.25, 0.3) is 0 Å². The van der Waals surface area contributed by atoms with Crippen LogP contribution in [0.4, 0.5) is 0 Å². The molecule has 4 unspecified atom stereocenters. The summed E-state index contributed by atoms with van der Waals surface area (Å²) < 4.78 is 38.4. The van der Waals surface area contributed by atoms with Gasteiger partial charge in [0.15, 0.2) is 6.10 Å². The first-order chi connectivity index (χ1) is 25.3. The van der Waals surface area contributed by atoms with E-state index in [9.17, 15) is 19.0 Å². The average Bonchev–Trinajstić information content (AvgIpc) is 3.88. The fraction of sp³-hybridized carbons (Fsp3) is 0.805. The molecule has 1 aliphatic rings. The van der Waals surface area contributed by atoms with Crippen molar-refractivity contribution in [2.75, 3.05) is 26.4 Å². The lowest BCUT2D eigenvalue weighted by Gasteiger charge is -2.19. The number of ether oxygens (including phenoxy) is 3. The van der Waals surface area contributed by atoms with Crippen LogP contribution in [0.2, 0.25) is 0 Å². The molecule has 10 nitrogen and oxygen atoms in total. The van der Waals surface area contributed by atoms with Crippen LogP contribution in [0.1, 0.15) is 168 Å². The Hall–Kier alpha value is -1.81. The first-order valence-corrected chi connectivity index (χ1v) is 22.1. The Morgan fingerprint density at radius 1 is 0.692 bits per heavy atom. The number of carbonyl (C=O) groups is 2. The molecule has 4 atom stereocenters. The molecule has 0 aromatic heterocycles. The number of hydrogen-bond donors (Lipinski definition) is 2. The van der Waals surface area contributed by atoms with Crippen LogP contribution < -0.4 is 5.73 Å². The van der Waals surface area contributed by atoms with Crippen LogP contribution in [-0.4, -0.2) is 61.5 Å². The molecule has 3 N–H and O–H groups in total. The first kappa shape index (κ1) is 48.2.